The van der Waals surface area contributed by atoms with Crippen molar-refractivity contribution in [1.29, 1.82) is 0 Å². The highest BCUT2D eigenvalue weighted by Crippen LogP contribution is 2.12. The van der Waals surface area contributed by atoms with Crippen LogP contribution in [0.25, 0.3) is 0 Å². The van der Waals surface area contributed by atoms with Crippen molar-refractivity contribution < 1.29 is 19.4 Å². The second kappa shape index (κ2) is 4.74. The molecule has 4 nitrogen and oxygen atoms in total. The predicted octanol–water partition coefficient (Wildman–Crippen LogP) is 0.906. The highest BCUT2D eigenvalue weighted by molar-refractivity contribution is 5.74. The minimum Gasteiger partial charge on any atom is -0.481 e. The van der Waals surface area contributed by atoms with Gasteiger partial charge >= 0.3 is 11.9 Å². The fourth-order valence-electron chi connectivity index (χ4n) is 0.929. The first kappa shape index (κ1) is 10.9. The number of rotatable bonds is 4. The van der Waals surface area contributed by atoms with E-state index in [4.69, 9.17) is 5.11 Å². The molecule has 0 rings (SSSR count). The van der Waals surface area contributed by atoms with Gasteiger partial charge in [-0.2, -0.15) is 0 Å². The van der Waals surface area contributed by atoms with Gasteiger partial charge in [0, 0.05) is 0 Å². The largest absolute Gasteiger partial charge is 0.481 e. The highest BCUT2D eigenvalue weighted by Gasteiger charge is 2.20. The number of carboxylic acid groups (broad SMARTS) is 1. The molecule has 12 heavy (non-hydrogen) atoms. The molecule has 0 aromatic rings. The Balaban J connectivity index is 3.91. The number of carbonyl (C=O) groups excluding carboxylic acids is 1. The molecule has 0 aliphatic carbocycles. The summed E-state index contributed by atoms with van der Waals surface area (Å²) >= 11 is 0. The molecule has 0 aromatic heterocycles. The average Bonchev–Trinajstić information content (AvgIpc) is 2.02. The molecule has 1 N–H and O–H groups in total. The zero-order valence-corrected chi connectivity index (χ0v) is 7.53. The van der Waals surface area contributed by atoms with Crippen LogP contribution in [0.4, 0.5) is 0 Å². The standard InChI is InChI=1S/C8H14O4/c1-5(7(9)10)4-6(2)8(11)12-3/h5-6H,4H2,1-3H3,(H,9,10)/t5-,6-/m0/s1. The summed E-state index contributed by atoms with van der Waals surface area (Å²) in [5.41, 5.74) is 0. The summed E-state index contributed by atoms with van der Waals surface area (Å²) in [4.78, 5) is 21.2. The van der Waals surface area contributed by atoms with E-state index in [2.05, 4.69) is 4.74 Å². The lowest BCUT2D eigenvalue weighted by molar-refractivity contribution is -0.147. The summed E-state index contributed by atoms with van der Waals surface area (Å²) < 4.78 is 4.46. The van der Waals surface area contributed by atoms with Crippen LogP contribution < -0.4 is 0 Å². The summed E-state index contributed by atoms with van der Waals surface area (Å²) in [5.74, 6) is -2.09. The summed E-state index contributed by atoms with van der Waals surface area (Å²) in [6.45, 7) is 3.23. The first-order chi connectivity index (χ1) is 5.49. The summed E-state index contributed by atoms with van der Waals surface area (Å²) in [6, 6.07) is 0. The molecule has 0 saturated heterocycles. The number of aliphatic carboxylic acids is 1. The third-order valence-corrected chi connectivity index (χ3v) is 1.73. The Morgan fingerprint density at radius 1 is 1.33 bits per heavy atom. The van der Waals surface area contributed by atoms with Gasteiger partial charge in [-0.1, -0.05) is 13.8 Å². The molecular weight excluding hydrogens is 160 g/mol. The van der Waals surface area contributed by atoms with Gasteiger partial charge in [0.25, 0.3) is 0 Å². The Kier molecular flexibility index (Phi) is 4.33. The van der Waals surface area contributed by atoms with Crippen molar-refractivity contribution >= 4 is 11.9 Å². The van der Waals surface area contributed by atoms with E-state index >= 15 is 0 Å². The molecule has 0 aliphatic heterocycles. The lowest BCUT2D eigenvalue weighted by Crippen LogP contribution is -2.19. The third-order valence-electron chi connectivity index (χ3n) is 1.73. The molecule has 0 heterocycles. The van der Waals surface area contributed by atoms with Crippen molar-refractivity contribution in [3.05, 3.63) is 0 Å². The van der Waals surface area contributed by atoms with Crippen LogP contribution in [0.15, 0.2) is 0 Å². The average molecular weight is 174 g/mol. The first-order valence-corrected chi connectivity index (χ1v) is 3.79. The third kappa shape index (κ3) is 3.37. The van der Waals surface area contributed by atoms with Crippen molar-refractivity contribution in [2.75, 3.05) is 7.11 Å². The fraction of sp³-hybridized carbons (Fsp3) is 0.750. The van der Waals surface area contributed by atoms with Crippen molar-refractivity contribution in [1.82, 2.24) is 0 Å². The van der Waals surface area contributed by atoms with E-state index in [1.165, 1.54) is 7.11 Å². The smallest absolute Gasteiger partial charge is 0.308 e. The van der Waals surface area contributed by atoms with Crippen LogP contribution in [-0.4, -0.2) is 24.2 Å². The Morgan fingerprint density at radius 3 is 2.17 bits per heavy atom. The van der Waals surface area contributed by atoms with Crippen LogP contribution in [0.1, 0.15) is 20.3 Å². The Morgan fingerprint density at radius 2 is 1.83 bits per heavy atom. The number of carboxylic acids is 1. The SMILES string of the molecule is COC(=O)[C@@H](C)C[C@H](C)C(=O)O. The molecule has 0 fully saturated rings. The maximum Gasteiger partial charge on any atom is 0.308 e. The minimum absolute atomic E-state index is 0.321. The van der Waals surface area contributed by atoms with Crippen molar-refractivity contribution in [2.45, 2.75) is 20.3 Å². The zero-order valence-electron chi connectivity index (χ0n) is 7.53. The topological polar surface area (TPSA) is 63.6 Å². The minimum atomic E-state index is -0.884. The van der Waals surface area contributed by atoms with E-state index in [9.17, 15) is 9.59 Å². The van der Waals surface area contributed by atoms with Gasteiger partial charge in [0.2, 0.25) is 0 Å². The summed E-state index contributed by atoms with van der Waals surface area (Å²) in [5, 5.41) is 8.53. The number of methoxy groups -OCH3 is 1. The Hall–Kier alpha value is -1.06. The molecule has 0 aliphatic rings. The quantitative estimate of drug-likeness (QED) is 0.643. The van der Waals surface area contributed by atoms with E-state index in [0.717, 1.165) is 0 Å². The Labute approximate surface area is 71.5 Å². The lowest BCUT2D eigenvalue weighted by atomic mass is 9.98. The summed E-state index contributed by atoms with van der Waals surface area (Å²) in [7, 11) is 1.30. The fourth-order valence-corrected chi connectivity index (χ4v) is 0.929. The van der Waals surface area contributed by atoms with E-state index in [1.54, 1.807) is 13.8 Å². The molecule has 0 saturated carbocycles. The van der Waals surface area contributed by atoms with Crippen LogP contribution in [-0.2, 0) is 14.3 Å². The lowest BCUT2D eigenvalue weighted by Gasteiger charge is -2.11. The van der Waals surface area contributed by atoms with E-state index < -0.39 is 11.9 Å². The molecule has 0 spiro atoms. The van der Waals surface area contributed by atoms with Crippen LogP contribution in [0.2, 0.25) is 0 Å². The van der Waals surface area contributed by atoms with Crippen LogP contribution in [0.3, 0.4) is 0 Å². The first-order valence-electron chi connectivity index (χ1n) is 3.79. The molecule has 0 amide bonds. The van der Waals surface area contributed by atoms with E-state index in [1.807, 2.05) is 0 Å². The van der Waals surface area contributed by atoms with Gasteiger partial charge in [-0.05, 0) is 6.42 Å². The maximum atomic E-state index is 10.9. The van der Waals surface area contributed by atoms with Gasteiger partial charge in [-0.3, -0.25) is 9.59 Å². The summed E-state index contributed by atoms with van der Waals surface area (Å²) in [6.07, 6.45) is 0.321. The van der Waals surface area contributed by atoms with Gasteiger partial charge in [0.05, 0.1) is 18.9 Å². The van der Waals surface area contributed by atoms with Gasteiger partial charge in [-0.25, -0.2) is 0 Å². The number of esters is 1. The van der Waals surface area contributed by atoms with Crippen LogP contribution in [0.5, 0.6) is 0 Å². The maximum absolute atomic E-state index is 10.9. The van der Waals surface area contributed by atoms with Gasteiger partial charge < -0.3 is 9.84 Å². The second-order valence-electron chi connectivity index (χ2n) is 2.90. The normalized spacial score (nSPS) is 14.9. The molecule has 0 unspecified atom stereocenters. The zero-order chi connectivity index (χ0) is 9.72. The van der Waals surface area contributed by atoms with Gasteiger partial charge in [0.1, 0.15) is 0 Å². The van der Waals surface area contributed by atoms with E-state index in [-0.39, 0.29) is 11.9 Å². The van der Waals surface area contributed by atoms with Crippen LogP contribution in [0, 0.1) is 11.8 Å². The van der Waals surface area contributed by atoms with E-state index in [0.29, 0.717) is 6.42 Å². The number of hydrogen-bond donors (Lipinski definition) is 1. The molecule has 0 bridgehead atoms. The van der Waals surface area contributed by atoms with Crippen molar-refractivity contribution in [2.24, 2.45) is 11.8 Å². The van der Waals surface area contributed by atoms with Crippen molar-refractivity contribution in [3.8, 4) is 0 Å². The molecule has 0 aromatic carbocycles. The number of hydrogen-bond acceptors (Lipinski definition) is 3. The molecule has 4 heteroatoms. The monoisotopic (exact) mass is 174 g/mol. The predicted molar refractivity (Wildman–Crippen MR) is 42.6 cm³/mol. The molecule has 2 atom stereocenters. The Bertz CT molecular complexity index is 176. The van der Waals surface area contributed by atoms with Gasteiger partial charge in [-0.15, -0.1) is 0 Å². The van der Waals surface area contributed by atoms with Crippen molar-refractivity contribution in [3.63, 3.8) is 0 Å². The molecule has 70 valence electrons. The molecule has 0 radical (unpaired) electrons. The number of ether oxygens (including phenoxy) is 1. The highest BCUT2D eigenvalue weighted by atomic mass is 16.5. The molecular formula is C8H14O4. The second-order valence-corrected chi connectivity index (χ2v) is 2.90. The van der Waals surface area contributed by atoms with Gasteiger partial charge in [0.15, 0.2) is 0 Å². The number of carbonyl (C=O) groups is 2. The van der Waals surface area contributed by atoms with Crippen LogP contribution >= 0.6 is 0 Å².